The second-order valence-electron chi connectivity index (χ2n) is 7.88. The van der Waals surface area contributed by atoms with Crippen LogP contribution in [0.25, 0.3) is 0 Å². The molecule has 6 nitrogen and oxygen atoms in total. The fraction of sp³-hybridized carbons (Fsp3) is 0.850. The molecule has 1 aromatic rings. The number of fused-ring (bicyclic) bond motifs is 1. The first kappa shape index (κ1) is 24.2. The molecule has 0 spiro atoms. The number of aliphatic imine (C=N–C) groups is 1. The van der Waals surface area contributed by atoms with E-state index in [1.165, 1.54) is 38.5 Å². The van der Waals surface area contributed by atoms with Gasteiger partial charge in [0.2, 0.25) is 0 Å². The summed E-state index contributed by atoms with van der Waals surface area (Å²) >= 11 is 0. The van der Waals surface area contributed by atoms with Crippen LogP contribution in [0.15, 0.2) is 4.99 Å². The minimum Gasteiger partial charge on any atom is -0.357 e. The number of guanidine groups is 1. The molecule has 2 rings (SSSR count). The van der Waals surface area contributed by atoms with Gasteiger partial charge in [-0.15, -0.1) is 34.2 Å². The standard InChI is InChI=1S/C20H38N6.HI/c1-5-21-20(23-17(4)11-9-10-16(2)3)22-14-13-19-25-24-18-12-7-6-8-15-26(18)19;/h16-17H,5-15H2,1-4H3,(H2,21,22,23);1H. The molecule has 0 aromatic carbocycles. The molecular formula is C20H39IN6. The van der Waals surface area contributed by atoms with Gasteiger partial charge in [-0.25, -0.2) is 0 Å². The third-order valence-electron chi connectivity index (χ3n) is 4.94. The van der Waals surface area contributed by atoms with Crippen molar-refractivity contribution in [1.82, 2.24) is 25.4 Å². The molecule has 0 saturated carbocycles. The van der Waals surface area contributed by atoms with E-state index in [2.05, 4.69) is 53.1 Å². The Balaban J connectivity index is 0.00000364. The minimum atomic E-state index is 0. The van der Waals surface area contributed by atoms with E-state index in [0.717, 1.165) is 56.0 Å². The summed E-state index contributed by atoms with van der Waals surface area (Å²) in [5, 5.41) is 15.7. The summed E-state index contributed by atoms with van der Waals surface area (Å²) in [5.74, 6) is 3.94. The second-order valence-corrected chi connectivity index (χ2v) is 7.88. The summed E-state index contributed by atoms with van der Waals surface area (Å²) in [7, 11) is 0. The number of hydrogen-bond acceptors (Lipinski definition) is 3. The number of halogens is 1. The maximum atomic E-state index is 4.76. The average molecular weight is 490 g/mol. The van der Waals surface area contributed by atoms with Gasteiger partial charge in [0.25, 0.3) is 0 Å². The third kappa shape index (κ3) is 8.79. The van der Waals surface area contributed by atoms with Crippen molar-refractivity contribution in [3.05, 3.63) is 11.6 Å². The molecule has 1 unspecified atom stereocenters. The van der Waals surface area contributed by atoms with E-state index < -0.39 is 0 Å². The van der Waals surface area contributed by atoms with Crippen LogP contribution in [0.1, 0.15) is 77.9 Å². The molecule has 2 heterocycles. The Morgan fingerprint density at radius 3 is 2.70 bits per heavy atom. The van der Waals surface area contributed by atoms with E-state index in [9.17, 15) is 0 Å². The Kier molecular flexibility index (Phi) is 11.9. The zero-order chi connectivity index (χ0) is 18.8. The van der Waals surface area contributed by atoms with E-state index in [1.807, 2.05) is 0 Å². The molecule has 1 aliphatic rings. The highest BCUT2D eigenvalue weighted by atomic mass is 127. The lowest BCUT2D eigenvalue weighted by Crippen LogP contribution is -2.42. The molecule has 2 N–H and O–H groups in total. The molecule has 1 atom stereocenters. The largest absolute Gasteiger partial charge is 0.357 e. The van der Waals surface area contributed by atoms with Gasteiger partial charge in [-0.05, 0) is 39.0 Å². The lowest BCUT2D eigenvalue weighted by Gasteiger charge is -2.18. The van der Waals surface area contributed by atoms with E-state index in [1.54, 1.807) is 0 Å². The van der Waals surface area contributed by atoms with Crippen molar-refractivity contribution in [3.63, 3.8) is 0 Å². The first-order chi connectivity index (χ1) is 12.6. The van der Waals surface area contributed by atoms with E-state index in [4.69, 9.17) is 4.99 Å². The van der Waals surface area contributed by atoms with Crippen molar-refractivity contribution >= 4 is 29.9 Å². The molecule has 0 radical (unpaired) electrons. The summed E-state index contributed by atoms with van der Waals surface area (Å²) < 4.78 is 2.32. The summed E-state index contributed by atoms with van der Waals surface area (Å²) in [6, 6.07) is 0.441. The van der Waals surface area contributed by atoms with Gasteiger partial charge in [0.15, 0.2) is 5.96 Å². The van der Waals surface area contributed by atoms with Gasteiger partial charge in [0, 0.05) is 38.5 Å². The first-order valence-electron chi connectivity index (χ1n) is 10.6. The van der Waals surface area contributed by atoms with Crippen molar-refractivity contribution < 1.29 is 0 Å². The van der Waals surface area contributed by atoms with Crippen molar-refractivity contribution in [3.8, 4) is 0 Å². The maximum Gasteiger partial charge on any atom is 0.191 e. The highest BCUT2D eigenvalue weighted by molar-refractivity contribution is 14.0. The second kappa shape index (κ2) is 13.3. The number of hydrogen-bond donors (Lipinski definition) is 2. The van der Waals surface area contributed by atoms with Crippen LogP contribution in [0.3, 0.4) is 0 Å². The minimum absolute atomic E-state index is 0. The zero-order valence-electron chi connectivity index (χ0n) is 17.6. The number of nitrogens with zero attached hydrogens (tertiary/aromatic N) is 4. The lowest BCUT2D eigenvalue weighted by atomic mass is 10.0. The lowest BCUT2D eigenvalue weighted by molar-refractivity contribution is 0.491. The van der Waals surface area contributed by atoms with Gasteiger partial charge >= 0.3 is 0 Å². The molecule has 156 valence electrons. The predicted molar refractivity (Wildman–Crippen MR) is 124 cm³/mol. The number of nitrogens with one attached hydrogen (secondary N) is 2. The molecular weight excluding hydrogens is 451 g/mol. The van der Waals surface area contributed by atoms with Gasteiger partial charge < -0.3 is 15.2 Å². The highest BCUT2D eigenvalue weighted by Gasteiger charge is 2.14. The van der Waals surface area contributed by atoms with E-state index >= 15 is 0 Å². The van der Waals surface area contributed by atoms with Crippen LogP contribution in [0.5, 0.6) is 0 Å². The van der Waals surface area contributed by atoms with Crippen molar-refractivity contribution in [2.24, 2.45) is 10.9 Å². The SMILES string of the molecule is CCNC(=NCCc1nnc2n1CCCCC2)NC(C)CCCC(C)C.I. The zero-order valence-corrected chi connectivity index (χ0v) is 20.0. The number of aromatic nitrogens is 3. The fourth-order valence-electron chi connectivity index (χ4n) is 3.46. The molecule has 1 aliphatic heterocycles. The Bertz CT molecular complexity index is 555. The average Bonchev–Trinajstić information content (AvgIpc) is 2.82. The van der Waals surface area contributed by atoms with Gasteiger partial charge in [-0.3, -0.25) is 4.99 Å². The summed E-state index contributed by atoms with van der Waals surface area (Å²) in [4.78, 5) is 4.76. The molecule has 27 heavy (non-hydrogen) atoms. The quantitative estimate of drug-likeness (QED) is 0.313. The third-order valence-corrected chi connectivity index (χ3v) is 4.94. The number of aryl methyl sites for hydroxylation is 1. The summed E-state index contributed by atoms with van der Waals surface area (Å²) in [6.45, 7) is 11.6. The van der Waals surface area contributed by atoms with Crippen LogP contribution in [-0.4, -0.2) is 39.9 Å². The Hall–Kier alpha value is -0.860. The highest BCUT2D eigenvalue weighted by Crippen LogP contribution is 2.14. The van der Waals surface area contributed by atoms with Gasteiger partial charge in [0.05, 0.1) is 0 Å². The Morgan fingerprint density at radius 1 is 1.15 bits per heavy atom. The molecule has 0 fully saturated rings. The van der Waals surface area contributed by atoms with Crippen LogP contribution in [0, 0.1) is 5.92 Å². The monoisotopic (exact) mass is 490 g/mol. The van der Waals surface area contributed by atoms with E-state index in [0.29, 0.717) is 6.04 Å². The van der Waals surface area contributed by atoms with Gasteiger partial charge in [-0.1, -0.05) is 33.1 Å². The van der Waals surface area contributed by atoms with E-state index in [-0.39, 0.29) is 24.0 Å². The van der Waals surface area contributed by atoms with Crippen molar-refractivity contribution in [2.75, 3.05) is 13.1 Å². The van der Waals surface area contributed by atoms with Crippen LogP contribution >= 0.6 is 24.0 Å². The van der Waals surface area contributed by atoms with Crippen LogP contribution in [0.2, 0.25) is 0 Å². The normalized spacial score (nSPS) is 15.7. The van der Waals surface area contributed by atoms with Gasteiger partial charge in [-0.2, -0.15) is 0 Å². The first-order valence-corrected chi connectivity index (χ1v) is 10.6. The maximum absolute atomic E-state index is 4.76. The Morgan fingerprint density at radius 2 is 1.96 bits per heavy atom. The van der Waals surface area contributed by atoms with Crippen LogP contribution < -0.4 is 10.6 Å². The smallest absolute Gasteiger partial charge is 0.191 e. The molecule has 0 amide bonds. The van der Waals surface area contributed by atoms with Gasteiger partial charge in [0.1, 0.15) is 11.6 Å². The fourth-order valence-corrected chi connectivity index (χ4v) is 3.46. The molecule has 0 aliphatic carbocycles. The molecule has 1 aromatic heterocycles. The topological polar surface area (TPSA) is 67.1 Å². The molecule has 0 saturated heterocycles. The summed E-state index contributed by atoms with van der Waals surface area (Å²) in [6.07, 6.45) is 9.41. The van der Waals surface area contributed by atoms with Crippen LogP contribution in [0.4, 0.5) is 0 Å². The predicted octanol–water partition coefficient (Wildman–Crippen LogP) is 3.93. The molecule has 0 bridgehead atoms. The number of rotatable bonds is 9. The van der Waals surface area contributed by atoms with Crippen LogP contribution in [-0.2, 0) is 19.4 Å². The summed E-state index contributed by atoms with van der Waals surface area (Å²) in [5.41, 5.74) is 0. The molecule has 7 heteroatoms. The van der Waals surface area contributed by atoms with Crippen molar-refractivity contribution in [1.29, 1.82) is 0 Å². The van der Waals surface area contributed by atoms with Crippen molar-refractivity contribution in [2.45, 2.75) is 91.6 Å². The Labute approximate surface area is 182 Å².